The molecule has 1 aromatic heterocycles. The van der Waals surface area contributed by atoms with Gasteiger partial charge in [-0.25, -0.2) is 14.8 Å². The molecule has 2 unspecified atom stereocenters. The first kappa shape index (κ1) is 40.8. The molecule has 0 spiro atoms. The number of hydrogen-bond donors (Lipinski definition) is 2. The van der Waals surface area contributed by atoms with Crippen molar-refractivity contribution in [3.8, 4) is 5.75 Å². The van der Waals surface area contributed by atoms with Crippen LogP contribution in [0, 0.1) is 18.4 Å². The van der Waals surface area contributed by atoms with Crippen LogP contribution >= 0.6 is 0 Å². The molecule has 0 radical (unpaired) electrons. The Morgan fingerprint density at radius 2 is 1.63 bits per heavy atom. The van der Waals surface area contributed by atoms with Crippen LogP contribution in [0.2, 0.25) is 0 Å². The second kappa shape index (κ2) is 17.4. The van der Waals surface area contributed by atoms with Crippen molar-refractivity contribution in [2.45, 2.75) is 70.6 Å². The number of rotatable bonds is 10. The number of piperidine rings is 2. The molecule has 0 bridgehead atoms. The highest BCUT2D eigenvalue weighted by Crippen LogP contribution is 2.36. The van der Waals surface area contributed by atoms with Crippen LogP contribution in [0.3, 0.4) is 0 Å². The summed E-state index contributed by atoms with van der Waals surface area (Å²) in [6.07, 6.45) is 7.10. The molecule has 16 nitrogen and oxygen atoms in total. The lowest BCUT2D eigenvalue weighted by molar-refractivity contribution is -0.137. The Morgan fingerprint density at radius 1 is 0.900 bits per heavy atom. The van der Waals surface area contributed by atoms with Gasteiger partial charge in [0.05, 0.1) is 37.4 Å². The van der Waals surface area contributed by atoms with E-state index in [0.717, 1.165) is 86.8 Å². The average Bonchev–Trinajstić information content (AvgIpc) is 3.51. The van der Waals surface area contributed by atoms with Crippen LogP contribution in [-0.4, -0.2) is 126 Å². The van der Waals surface area contributed by atoms with Crippen molar-refractivity contribution in [3.63, 3.8) is 0 Å². The van der Waals surface area contributed by atoms with E-state index < -0.39 is 29.7 Å². The highest BCUT2D eigenvalue weighted by Gasteiger charge is 2.45. The van der Waals surface area contributed by atoms with Crippen molar-refractivity contribution in [1.82, 2.24) is 35.3 Å². The van der Waals surface area contributed by atoms with Crippen molar-refractivity contribution < 1.29 is 28.7 Å². The number of fused-ring (bicyclic) bond motifs is 1. The van der Waals surface area contributed by atoms with Gasteiger partial charge in [-0.1, -0.05) is 19.1 Å². The molecule has 0 aliphatic carbocycles. The van der Waals surface area contributed by atoms with E-state index >= 15 is 0 Å². The molecule has 6 heterocycles. The first-order chi connectivity index (χ1) is 29.0. The molecule has 0 saturated carbocycles. The van der Waals surface area contributed by atoms with Crippen LogP contribution in [0.15, 0.2) is 48.8 Å². The van der Waals surface area contributed by atoms with Gasteiger partial charge < -0.3 is 19.4 Å². The number of imide groups is 2. The molecule has 4 atom stereocenters. The number of aromatic nitrogens is 2. The summed E-state index contributed by atoms with van der Waals surface area (Å²) in [4.78, 5) is 86.7. The molecule has 4 fully saturated rings. The molecule has 2 N–H and O–H groups in total. The Kier molecular flexibility index (Phi) is 11.8. The van der Waals surface area contributed by atoms with Gasteiger partial charge in [0.1, 0.15) is 11.8 Å². The zero-order valence-corrected chi connectivity index (χ0v) is 34.4. The second-order valence-electron chi connectivity index (χ2n) is 16.7. The second-order valence-corrected chi connectivity index (χ2v) is 16.7. The normalized spacial score (nSPS) is 24.0. The Balaban J connectivity index is 0.759. The van der Waals surface area contributed by atoms with Crippen molar-refractivity contribution >= 4 is 46.9 Å². The SMILES string of the molecule is [C-]#[N+]c1ccc(C2N[C@@H](C)N(C(=O)Cc3cnc(N4CCC(CCN5CCN(c6ccc7c(c6)C(=O)N(C6CCC(=O)NC6=O)C7=O)CC5)CC4)nc3)C[C@@H]2C)cc1OC. The van der Waals surface area contributed by atoms with Gasteiger partial charge >= 0.3 is 0 Å². The molecule has 314 valence electrons. The summed E-state index contributed by atoms with van der Waals surface area (Å²) in [6, 6.07) is 10.0. The molecule has 4 saturated heterocycles. The van der Waals surface area contributed by atoms with E-state index in [2.05, 4.69) is 47.1 Å². The summed E-state index contributed by atoms with van der Waals surface area (Å²) in [6.45, 7) is 18.3. The molecule has 2 aromatic carbocycles. The molecular weight excluding hydrogens is 765 g/mol. The summed E-state index contributed by atoms with van der Waals surface area (Å²) in [5.41, 5.74) is 3.79. The van der Waals surface area contributed by atoms with Gasteiger partial charge in [0.2, 0.25) is 29.4 Å². The van der Waals surface area contributed by atoms with Crippen molar-refractivity contribution in [2.24, 2.45) is 11.8 Å². The standard InChI is InChI=1S/C44H52N10O6/c1-27-26-53(28(2)48-40(27)31-5-8-35(45-3)37(22-31)60-4)39(56)21-30-24-46-44(47-25-30)52-15-12-29(13-16-52)11-14-50-17-19-51(20-18-50)32-6-7-33-34(23-32)43(59)54(42(33)58)36-9-10-38(55)49-41(36)57/h5-8,22-25,27-29,36,40,48H,9-21,26H2,1-2,4H3,(H,49,55,57)/t27-,28+,36?,40?/m0/s1. The fourth-order valence-electron chi connectivity index (χ4n) is 9.36. The van der Waals surface area contributed by atoms with E-state index in [1.165, 1.54) is 0 Å². The fraction of sp³-hybridized carbons (Fsp3) is 0.500. The minimum atomic E-state index is -0.972. The molecule has 5 aliphatic rings. The maximum Gasteiger partial charge on any atom is 0.262 e. The minimum Gasteiger partial charge on any atom is -0.508 e. The Morgan fingerprint density at radius 3 is 2.33 bits per heavy atom. The number of carbonyl (C=O) groups is 5. The third kappa shape index (κ3) is 8.28. The van der Waals surface area contributed by atoms with Crippen molar-refractivity contribution in [1.29, 1.82) is 0 Å². The van der Waals surface area contributed by atoms with E-state index in [4.69, 9.17) is 11.3 Å². The maximum absolute atomic E-state index is 13.5. The van der Waals surface area contributed by atoms with E-state index in [9.17, 15) is 24.0 Å². The third-order valence-corrected chi connectivity index (χ3v) is 12.9. The number of benzene rings is 2. The monoisotopic (exact) mass is 816 g/mol. The van der Waals surface area contributed by atoms with Crippen LogP contribution < -0.4 is 25.2 Å². The van der Waals surface area contributed by atoms with Gasteiger partial charge in [0.25, 0.3) is 11.8 Å². The third-order valence-electron chi connectivity index (χ3n) is 12.9. The highest BCUT2D eigenvalue weighted by atomic mass is 16.5. The Hall–Kier alpha value is -5.92. The number of piperazine rings is 1. The van der Waals surface area contributed by atoms with E-state index in [1.54, 1.807) is 37.7 Å². The number of methoxy groups -OCH3 is 1. The van der Waals surface area contributed by atoms with Crippen LogP contribution in [0.4, 0.5) is 17.3 Å². The Labute approximate surface area is 350 Å². The number of nitrogens with zero attached hydrogens (tertiary/aromatic N) is 8. The van der Waals surface area contributed by atoms with Crippen LogP contribution in [0.25, 0.3) is 4.85 Å². The number of ether oxygens (including phenoxy) is 1. The highest BCUT2D eigenvalue weighted by molar-refractivity contribution is 6.23. The average molecular weight is 817 g/mol. The summed E-state index contributed by atoms with van der Waals surface area (Å²) in [7, 11) is 1.57. The lowest BCUT2D eigenvalue weighted by Crippen LogP contribution is -2.56. The first-order valence-corrected chi connectivity index (χ1v) is 21.0. The fourth-order valence-corrected chi connectivity index (χ4v) is 9.36. The summed E-state index contributed by atoms with van der Waals surface area (Å²) in [5.74, 6) is 0.0729. The number of hydrogen-bond acceptors (Lipinski definition) is 12. The molecule has 5 amide bonds. The zero-order chi connectivity index (χ0) is 42.1. The molecule has 8 rings (SSSR count). The van der Waals surface area contributed by atoms with Gasteiger partial charge in [-0.2, -0.15) is 0 Å². The van der Waals surface area contributed by atoms with Crippen molar-refractivity contribution in [2.75, 3.05) is 69.3 Å². The van der Waals surface area contributed by atoms with Gasteiger partial charge in [-0.15, -0.1) is 0 Å². The molecule has 3 aromatic rings. The number of amides is 5. The smallest absolute Gasteiger partial charge is 0.262 e. The summed E-state index contributed by atoms with van der Waals surface area (Å²) >= 11 is 0. The van der Waals surface area contributed by atoms with E-state index in [0.29, 0.717) is 41.0 Å². The van der Waals surface area contributed by atoms with E-state index in [-0.39, 0.29) is 43.3 Å². The van der Waals surface area contributed by atoms with Crippen LogP contribution in [-0.2, 0) is 20.8 Å². The lowest BCUT2D eigenvalue weighted by Gasteiger charge is -2.43. The summed E-state index contributed by atoms with van der Waals surface area (Å²) in [5, 5.41) is 5.84. The Bertz CT molecular complexity index is 2190. The predicted octanol–water partition coefficient (Wildman–Crippen LogP) is 3.56. The van der Waals surface area contributed by atoms with Gasteiger partial charge in [-0.05, 0) is 86.4 Å². The van der Waals surface area contributed by atoms with Crippen LogP contribution in [0.1, 0.15) is 83.8 Å². The lowest BCUT2D eigenvalue weighted by atomic mass is 9.90. The maximum atomic E-state index is 13.5. The first-order valence-electron chi connectivity index (χ1n) is 21.0. The molecule has 60 heavy (non-hydrogen) atoms. The largest absolute Gasteiger partial charge is 0.508 e. The summed E-state index contributed by atoms with van der Waals surface area (Å²) < 4.78 is 5.43. The van der Waals surface area contributed by atoms with Gasteiger partial charge in [0, 0.05) is 76.4 Å². The number of nitrogens with one attached hydrogen (secondary N) is 2. The van der Waals surface area contributed by atoms with Crippen LogP contribution in [0.5, 0.6) is 5.75 Å². The molecular formula is C44H52N10O6. The minimum absolute atomic E-state index is 0.0253. The topological polar surface area (TPSA) is 165 Å². The molecule has 16 heteroatoms. The molecule has 5 aliphatic heterocycles. The van der Waals surface area contributed by atoms with Crippen molar-refractivity contribution in [3.05, 3.63) is 82.5 Å². The van der Waals surface area contributed by atoms with Gasteiger partial charge in [0.15, 0.2) is 0 Å². The zero-order valence-electron chi connectivity index (χ0n) is 34.4. The number of carbonyl (C=O) groups excluding carboxylic acids is 5. The van der Waals surface area contributed by atoms with Gasteiger partial charge in [-0.3, -0.25) is 44.4 Å². The quantitative estimate of drug-likeness (QED) is 0.226. The predicted molar refractivity (Wildman–Crippen MR) is 223 cm³/mol. The van der Waals surface area contributed by atoms with E-state index in [1.807, 2.05) is 30.0 Å². The number of anilines is 2.